The molecule has 0 aliphatic carbocycles. The lowest BCUT2D eigenvalue weighted by molar-refractivity contribution is 0.225. The first kappa shape index (κ1) is 9.54. The molecule has 0 radical (unpaired) electrons. The lowest BCUT2D eigenvalue weighted by Crippen LogP contribution is -1.95. The molecule has 0 saturated carbocycles. The molecule has 0 unspecified atom stereocenters. The van der Waals surface area contributed by atoms with Crippen LogP contribution in [0.5, 0.6) is 0 Å². The smallest absolute Gasteiger partial charge is 0.0876 e. The van der Waals surface area contributed by atoms with Gasteiger partial charge in [-0.15, -0.1) is 0 Å². The van der Waals surface area contributed by atoms with E-state index in [1.54, 1.807) is 0 Å². The van der Waals surface area contributed by atoms with Gasteiger partial charge in [0.2, 0.25) is 0 Å². The highest BCUT2D eigenvalue weighted by molar-refractivity contribution is 4.94. The Balaban J connectivity index is 0.000000236. The van der Waals surface area contributed by atoms with Crippen molar-refractivity contribution in [2.45, 2.75) is 40.0 Å². The van der Waals surface area contributed by atoms with Crippen molar-refractivity contribution in [1.29, 1.82) is 0 Å². The highest BCUT2D eigenvalue weighted by Crippen LogP contribution is 2.08. The molecule has 0 saturated heterocycles. The Morgan fingerprint density at radius 1 is 1.50 bits per heavy atom. The summed E-state index contributed by atoms with van der Waals surface area (Å²) in [6, 6.07) is 0. The van der Waals surface area contributed by atoms with Gasteiger partial charge in [0.1, 0.15) is 0 Å². The van der Waals surface area contributed by atoms with E-state index in [1.165, 1.54) is 24.8 Å². The van der Waals surface area contributed by atoms with Gasteiger partial charge in [-0.2, -0.15) is 0 Å². The van der Waals surface area contributed by atoms with Gasteiger partial charge in [0.25, 0.3) is 0 Å². The average molecular weight is 142 g/mol. The van der Waals surface area contributed by atoms with Crippen LogP contribution in [0.4, 0.5) is 0 Å². The molecule has 10 heavy (non-hydrogen) atoms. The number of rotatable bonds is 0. The van der Waals surface area contributed by atoms with E-state index in [-0.39, 0.29) is 0 Å². The van der Waals surface area contributed by atoms with Gasteiger partial charge in [-0.25, -0.2) is 0 Å². The molecular weight excluding hydrogens is 124 g/mol. The fourth-order valence-electron chi connectivity index (χ4n) is 0.694. The summed E-state index contributed by atoms with van der Waals surface area (Å²) in [4.78, 5) is 0. The molecule has 0 aromatic heterocycles. The predicted molar refractivity (Wildman–Crippen MR) is 44.9 cm³/mol. The molecule has 0 bridgehead atoms. The minimum Gasteiger partial charge on any atom is -0.501 e. The quantitative estimate of drug-likeness (QED) is 0.505. The van der Waals surface area contributed by atoms with E-state index in [1.807, 2.05) is 6.26 Å². The topological polar surface area (TPSA) is 9.23 Å². The molecule has 1 aliphatic heterocycles. The Morgan fingerprint density at radius 2 is 2.10 bits per heavy atom. The standard InChI is InChI=1S/C6H10O.C3H8/c1-6-3-2-4-7-5-6;1-3-2/h5H,2-4H2,1H3;3H2,1-2H3. The van der Waals surface area contributed by atoms with Crippen molar-refractivity contribution >= 4 is 0 Å². The zero-order chi connectivity index (χ0) is 7.82. The normalized spacial score (nSPS) is 16.1. The van der Waals surface area contributed by atoms with Crippen molar-refractivity contribution in [3.63, 3.8) is 0 Å². The zero-order valence-electron chi connectivity index (χ0n) is 7.31. The molecule has 0 amide bonds. The van der Waals surface area contributed by atoms with Gasteiger partial charge in [0.15, 0.2) is 0 Å². The summed E-state index contributed by atoms with van der Waals surface area (Å²) in [6.07, 6.45) is 5.52. The van der Waals surface area contributed by atoms with Gasteiger partial charge in [0, 0.05) is 0 Å². The van der Waals surface area contributed by atoms with E-state index in [9.17, 15) is 0 Å². The monoisotopic (exact) mass is 142 g/mol. The first-order chi connectivity index (χ1) is 4.81. The third-order valence-corrected chi connectivity index (χ3v) is 1.12. The zero-order valence-corrected chi connectivity index (χ0v) is 7.31. The molecule has 1 aliphatic rings. The second-order valence-electron chi connectivity index (χ2n) is 2.65. The maximum Gasteiger partial charge on any atom is 0.0876 e. The van der Waals surface area contributed by atoms with Gasteiger partial charge in [-0.05, 0) is 25.3 Å². The second kappa shape index (κ2) is 6.66. The first-order valence-electron chi connectivity index (χ1n) is 4.08. The number of hydrogen-bond acceptors (Lipinski definition) is 1. The lowest BCUT2D eigenvalue weighted by Gasteiger charge is -2.08. The molecule has 0 aromatic carbocycles. The summed E-state index contributed by atoms with van der Waals surface area (Å²) in [6.45, 7) is 7.26. The van der Waals surface area contributed by atoms with Gasteiger partial charge in [-0.3, -0.25) is 0 Å². The van der Waals surface area contributed by atoms with Gasteiger partial charge < -0.3 is 4.74 Å². The van der Waals surface area contributed by atoms with Crippen LogP contribution in [0.25, 0.3) is 0 Å². The van der Waals surface area contributed by atoms with Crippen molar-refractivity contribution in [1.82, 2.24) is 0 Å². The van der Waals surface area contributed by atoms with Crippen LogP contribution >= 0.6 is 0 Å². The molecule has 1 rings (SSSR count). The summed E-state index contributed by atoms with van der Waals surface area (Å²) in [7, 11) is 0. The van der Waals surface area contributed by atoms with Gasteiger partial charge in [0.05, 0.1) is 12.9 Å². The van der Waals surface area contributed by atoms with Gasteiger partial charge in [-0.1, -0.05) is 20.3 Å². The van der Waals surface area contributed by atoms with Crippen molar-refractivity contribution in [2.24, 2.45) is 0 Å². The van der Waals surface area contributed by atoms with Crippen LogP contribution in [0.3, 0.4) is 0 Å². The third-order valence-electron chi connectivity index (χ3n) is 1.12. The molecule has 0 aromatic rings. The maximum absolute atomic E-state index is 5.02. The van der Waals surface area contributed by atoms with E-state index in [0.717, 1.165) is 6.61 Å². The molecule has 0 fully saturated rings. The highest BCUT2D eigenvalue weighted by Gasteiger charge is 1.95. The Bertz CT molecular complexity index is 94.9. The van der Waals surface area contributed by atoms with Crippen LogP contribution in [0, 0.1) is 0 Å². The number of allylic oxidation sites excluding steroid dienone is 1. The SMILES string of the molecule is CC1=COCCC1.CCC. The molecule has 0 atom stereocenters. The van der Waals surface area contributed by atoms with E-state index in [2.05, 4.69) is 20.8 Å². The molecule has 0 N–H and O–H groups in total. The molecule has 60 valence electrons. The molecule has 1 heteroatoms. The number of ether oxygens (including phenoxy) is 1. The summed E-state index contributed by atoms with van der Waals surface area (Å²) in [5.41, 5.74) is 1.37. The average Bonchev–Trinajstić information content (AvgIpc) is 1.91. The van der Waals surface area contributed by atoms with E-state index in [4.69, 9.17) is 4.74 Å². The molecule has 0 spiro atoms. The van der Waals surface area contributed by atoms with Crippen LogP contribution < -0.4 is 0 Å². The summed E-state index contributed by atoms with van der Waals surface area (Å²) < 4.78 is 5.02. The second-order valence-corrected chi connectivity index (χ2v) is 2.65. The summed E-state index contributed by atoms with van der Waals surface area (Å²) in [5, 5.41) is 0. The minimum atomic E-state index is 0.914. The van der Waals surface area contributed by atoms with Crippen LogP contribution in [0.15, 0.2) is 11.8 Å². The minimum absolute atomic E-state index is 0.914. The fraction of sp³-hybridized carbons (Fsp3) is 0.778. The van der Waals surface area contributed by atoms with E-state index < -0.39 is 0 Å². The Morgan fingerprint density at radius 3 is 2.30 bits per heavy atom. The van der Waals surface area contributed by atoms with E-state index in [0.29, 0.717) is 0 Å². The molecule has 1 heterocycles. The van der Waals surface area contributed by atoms with Crippen molar-refractivity contribution in [3.05, 3.63) is 11.8 Å². The van der Waals surface area contributed by atoms with Crippen LogP contribution in [0.1, 0.15) is 40.0 Å². The summed E-state index contributed by atoms with van der Waals surface area (Å²) >= 11 is 0. The highest BCUT2D eigenvalue weighted by atomic mass is 16.5. The van der Waals surface area contributed by atoms with Crippen molar-refractivity contribution < 1.29 is 4.74 Å². The molecule has 1 nitrogen and oxygen atoms in total. The van der Waals surface area contributed by atoms with Crippen molar-refractivity contribution in [2.75, 3.05) is 6.61 Å². The Kier molecular flexibility index (Phi) is 6.35. The van der Waals surface area contributed by atoms with E-state index >= 15 is 0 Å². The largest absolute Gasteiger partial charge is 0.501 e. The predicted octanol–water partition coefficient (Wildman–Crippen LogP) is 3.12. The maximum atomic E-state index is 5.02. The van der Waals surface area contributed by atoms with Crippen LogP contribution in [-0.4, -0.2) is 6.61 Å². The Labute approximate surface area is 64.1 Å². The van der Waals surface area contributed by atoms with Crippen LogP contribution in [0.2, 0.25) is 0 Å². The fourth-order valence-corrected chi connectivity index (χ4v) is 0.694. The molecular formula is C9H18O. The summed E-state index contributed by atoms with van der Waals surface area (Å²) in [5.74, 6) is 0. The van der Waals surface area contributed by atoms with Crippen molar-refractivity contribution in [3.8, 4) is 0 Å². The first-order valence-corrected chi connectivity index (χ1v) is 4.08. The Hall–Kier alpha value is -0.460. The van der Waals surface area contributed by atoms with Crippen LogP contribution in [-0.2, 0) is 4.74 Å². The van der Waals surface area contributed by atoms with Gasteiger partial charge >= 0.3 is 0 Å². The number of hydrogen-bond donors (Lipinski definition) is 0. The third kappa shape index (κ3) is 5.67. The lowest BCUT2D eigenvalue weighted by atomic mass is 10.2.